The van der Waals surface area contributed by atoms with Crippen LogP contribution >= 0.6 is 22.9 Å². The molecule has 0 saturated carbocycles. The summed E-state index contributed by atoms with van der Waals surface area (Å²) in [4.78, 5) is 61.5. The van der Waals surface area contributed by atoms with Crippen LogP contribution in [0.1, 0.15) is 34.4 Å². The van der Waals surface area contributed by atoms with Gasteiger partial charge in [0, 0.05) is 49.7 Å². The first kappa shape index (κ1) is 35.5. The lowest BCUT2D eigenvalue weighted by Crippen LogP contribution is -2.50. The topological polar surface area (TPSA) is 156 Å². The Hall–Kier alpha value is -5.29. The molecule has 0 aliphatic carbocycles. The number of hydrogen-bond acceptors (Lipinski definition) is 11. The van der Waals surface area contributed by atoms with E-state index in [0.717, 1.165) is 18.2 Å². The van der Waals surface area contributed by atoms with Crippen LogP contribution in [-0.4, -0.2) is 79.6 Å². The summed E-state index contributed by atoms with van der Waals surface area (Å²) in [6.07, 6.45) is -1.55. The fourth-order valence-corrected chi connectivity index (χ4v) is 7.11. The number of anilines is 2. The smallest absolute Gasteiger partial charge is 0.416 e. The number of aromatic hydroxyl groups is 1. The number of amides is 2. The van der Waals surface area contributed by atoms with Crippen molar-refractivity contribution in [1.82, 2.24) is 29.4 Å². The summed E-state index contributed by atoms with van der Waals surface area (Å²) in [5, 5.41) is 13.2. The lowest BCUT2D eigenvalue weighted by molar-refractivity contribution is -0.137. The van der Waals surface area contributed by atoms with Crippen LogP contribution < -0.4 is 20.4 Å². The predicted octanol–water partition coefficient (Wildman–Crippen LogP) is 5.17. The molecular formula is C33H30ClF3N8O5S. The maximum Gasteiger partial charge on any atom is 0.416 e. The van der Waals surface area contributed by atoms with Crippen LogP contribution in [0.2, 0.25) is 5.02 Å². The molecule has 5 aromatic rings. The molecule has 5 heterocycles. The van der Waals surface area contributed by atoms with E-state index in [4.69, 9.17) is 21.3 Å². The summed E-state index contributed by atoms with van der Waals surface area (Å²) in [6, 6.07) is 6.02. The molecule has 0 radical (unpaired) electrons. The number of rotatable bonds is 8. The van der Waals surface area contributed by atoms with Crippen LogP contribution in [0, 0.1) is 6.92 Å². The highest BCUT2D eigenvalue weighted by Gasteiger charge is 2.32. The van der Waals surface area contributed by atoms with Gasteiger partial charge in [-0.1, -0.05) is 29.9 Å². The summed E-state index contributed by atoms with van der Waals surface area (Å²) < 4.78 is 46.6. The minimum Gasteiger partial charge on any atom is -0.504 e. The molecule has 0 atom stereocenters. The van der Waals surface area contributed by atoms with Crippen LogP contribution in [0.5, 0.6) is 11.6 Å². The van der Waals surface area contributed by atoms with E-state index >= 15 is 0 Å². The molecule has 2 amide bonds. The zero-order chi connectivity index (χ0) is 36.6. The monoisotopic (exact) mass is 742 g/mol. The standard InChI is InChI=1S/C33H30ClF3N8O5S/c1-4-22-27(43-9-11-44(12-10-43)31(49)25-28(47)17(2)39-16-40-25)29(48)26-32(51-30(42-26)18-7-8-38-24(13-18)50-3)45(22)15-23(46)41-21-6-5-19(14-20(21)34)33(35,36)37/h5-8,13-14,16,47H,4,9-12,15H2,1-3H3,(H,41,46). The van der Waals surface area contributed by atoms with E-state index in [-0.39, 0.29) is 71.5 Å². The number of hydrogen-bond donors (Lipinski definition) is 2. The van der Waals surface area contributed by atoms with E-state index in [1.165, 1.54) is 29.7 Å². The molecule has 1 aliphatic rings. The molecule has 1 fully saturated rings. The number of thiazole rings is 1. The van der Waals surface area contributed by atoms with Gasteiger partial charge in [0.1, 0.15) is 33.9 Å². The van der Waals surface area contributed by atoms with Gasteiger partial charge >= 0.3 is 6.18 Å². The van der Waals surface area contributed by atoms with E-state index in [9.17, 15) is 32.7 Å². The fourth-order valence-electron chi connectivity index (χ4n) is 5.80. The lowest BCUT2D eigenvalue weighted by Gasteiger charge is -2.37. The second-order valence-corrected chi connectivity index (χ2v) is 12.9. The number of nitrogens with zero attached hydrogens (tertiary/aromatic N) is 7. The zero-order valence-electron chi connectivity index (χ0n) is 27.4. The van der Waals surface area contributed by atoms with Crippen molar-refractivity contribution in [1.29, 1.82) is 0 Å². The van der Waals surface area contributed by atoms with Crippen molar-refractivity contribution < 1.29 is 32.6 Å². The molecule has 0 spiro atoms. The number of pyridine rings is 2. The number of carbonyl (C=O) groups excluding carboxylic acids is 2. The molecule has 1 aromatic carbocycles. The highest BCUT2D eigenvalue weighted by atomic mass is 35.5. The van der Waals surface area contributed by atoms with Crippen molar-refractivity contribution in [3.8, 4) is 22.2 Å². The Morgan fingerprint density at radius 2 is 1.84 bits per heavy atom. The fraction of sp³-hybridized carbons (Fsp3) is 0.303. The highest BCUT2D eigenvalue weighted by molar-refractivity contribution is 7.21. The van der Waals surface area contributed by atoms with Crippen molar-refractivity contribution in [3.63, 3.8) is 0 Å². The van der Waals surface area contributed by atoms with Gasteiger partial charge in [-0.25, -0.2) is 19.9 Å². The number of nitrogens with one attached hydrogen (secondary N) is 1. The van der Waals surface area contributed by atoms with Gasteiger partial charge in [0.15, 0.2) is 11.4 Å². The number of fused-ring (bicyclic) bond motifs is 1. The van der Waals surface area contributed by atoms with E-state index in [0.29, 0.717) is 39.1 Å². The van der Waals surface area contributed by atoms with Gasteiger partial charge in [-0.05, 0) is 37.6 Å². The van der Waals surface area contributed by atoms with E-state index < -0.39 is 23.6 Å². The normalized spacial score (nSPS) is 13.5. The summed E-state index contributed by atoms with van der Waals surface area (Å²) in [5.74, 6) is -1.04. The molecule has 6 rings (SSSR count). The summed E-state index contributed by atoms with van der Waals surface area (Å²) in [7, 11) is 1.47. The molecule has 4 aromatic heterocycles. The maximum atomic E-state index is 14.3. The average Bonchev–Trinajstić information content (AvgIpc) is 3.57. The molecule has 266 valence electrons. The van der Waals surface area contributed by atoms with Crippen LogP contribution in [0.4, 0.5) is 24.5 Å². The largest absolute Gasteiger partial charge is 0.504 e. The summed E-state index contributed by atoms with van der Waals surface area (Å²) in [5.41, 5.74) is 0.391. The maximum absolute atomic E-state index is 14.3. The van der Waals surface area contributed by atoms with Crippen molar-refractivity contribution in [3.05, 3.63) is 80.7 Å². The molecule has 51 heavy (non-hydrogen) atoms. The second-order valence-electron chi connectivity index (χ2n) is 11.5. The Morgan fingerprint density at radius 3 is 2.51 bits per heavy atom. The Bertz CT molecular complexity index is 2220. The molecule has 0 bridgehead atoms. The lowest BCUT2D eigenvalue weighted by atomic mass is 10.1. The van der Waals surface area contributed by atoms with Gasteiger partial charge in [-0.2, -0.15) is 13.2 Å². The molecule has 0 unspecified atom stereocenters. The highest BCUT2D eigenvalue weighted by Crippen LogP contribution is 2.36. The average molecular weight is 743 g/mol. The van der Waals surface area contributed by atoms with Crippen LogP contribution in [0.3, 0.4) is 0 Å². The van der Waals surface area contributed by atoms with E-state index in [1.807, 2.05) is 11.8 Å². The number of aromatic nitrogens is 5. The van der Waals surface area contributed by atoms with Crippen molar-refractivity contribution in [2.45, 2.75) is 33.0 Å². The van der Waals surface area contributed by atoms with Crippen LogP contribution in [0.25, 0.3) is 20.9 Å². The van der Waals surface area contributed by atoms with Gasteiger partial charge < -0.3 is 29.5 Å². The Labute approximate surface area is 297 Å². The van der Waals surface area contributed by atoms with Gasteiger partial charge in [-0.15, -0.1) is 0 Å². The Balaban J connectivity index is 1.38. The summed E-state index contributed by atoms with van der Waals surface area (Å²) >= 11 is 7.31. The Morgan fingerprint density at radius 1 is 1.10 bits per heavy atom. The van der Waals surface area contributed by atoms with Crippen molar-refractivity contribution in [2.75, 3.05) is 43.5 Å². The van der Waals surface area contributed by atoms with Gasteiger partial charge in [0.05, 0.1) is 29.1 Å². The number of ether oxygens (including phenoxy) is 1. The third-order valence-electron chi connectivity index (χ3n) is 8.37. The first-order valence-electron chi connectivity index (χ1n) is 15.6. The number of carbonyl (C=O) groups is 2. The second kappa shape index (κ2) is 14.1. The number of methoxy groups -OCH3 is 1. The van der Waals surface area contributed by atoms with E-state index in [1.54, 1.807) is 29.8 Å². The molecule has 1 aliphatic heterocycles. The first-order valence-corrected chi connectivity index (χ1v) is 16.8. The SMILES string of the molecule is CCc1c(N2CCN(C(=O)c3ncnc(C)c3O)CC2)c(=O)c2nc(-c3ccnc(OC)c3)sc2n1CC(=O)Nc1ccc(C(F)(F)F)cc1Cl. The molecule has 2 N–H and O–H groups in total. The number of benzene rings is 1. The number of alkyl halides is 3. The van der Waals surface area contributed by atoms with Crippen LogP contribution in [0.15, 0.2) is 47.7 Å². The third kappa shape index (κ3) is 7.03. The third-order valence-corrected chi connectivity index (χ3v) is 9.81. The van der Waals surface area contributed by atoms with E-state index in [2.05, 4.69) is 20.3 Å². The number of aryl methyl sites for hydroxylation is 1. The molecule has 18 heteroatoms. The molecular weight excluding hydrogens is 713 g/mol. The first-order chi connectivity index (χ1) is 24.3. The van der Waals surface area contributed by atoms with Gasteiger partial charge in [0.25, 0.3) is 5.91 Å². The number of halogens is 4. The Kier molecular flexibility index (Phi) is 9.86. The van der Waals surface area contributed by atoms with Crippen molar-refractivity contribution >= 4 is 56.5 Å². The van der Waals surface area contributed by atoms with Gasteiger partial charge in [-0.3, -0.25) is 14.4 Å². The molecule has 1 saturated heterocycles. The predicted molar refractivity (Wildman–Crippen MR) is 185 cm³/mol. The minimum absolute atomic E-state index is 0.00944. The molecule has 13 nitrogen and oxygen atoms in total. The van der Waals surface area contributed by atoms with Crippen LogP contribution in [-0.2, 0) is 23.9 Å². The number of piperazine rings is 1. The van der Waals surface area contributed by atoms with Crippen molar-refractivity contribution in [2.24, 2.45) is 0 Å². The van der Waals surface area contributed by atoms with Gasteiger partial charge in [0.2, 0.25) is 17.2 Å². The zero-order valence-corrected chi connectivity index (χ0v) is 29.0. The summed E-state index contributed by atoms with van der Waals surface area (Å²) in [6.45, 7) is 3.97. The quantitative estimate of drug-likeness (QED) is 0.218. The minimum atomic E-state index is -4.61.